The molecule has 0 saturated heterocycles. The van der Waals surface area contributed by atoms with Crippen LogP contribution >= 0.6 is 34.7 Å². The Bertz CT molecular complexity index is 1280. The second-order valence-electron chi connectivity index (χ2n) is 6.67. The normalized spacial score (nSPS) is 12.2. The van der Waals surface area contributed by atoms with Gasteiger partial charge in [-0.25, -0.2) is 0 Å². The van der Waals surface area contributed by atoms with Crippen LogP contribution in [-0.4, -0.2) is 25.0 Å². The lowest BCUT2D eigenvalue weighted by atomic mass is 10.2. The van der Waals surface area contributed by atoms with Crippen molar-refractivity contribution in [1.82, 2.24) is 25.0 Å². The zero-order valence-corrected chi connectivity index (χ0v) is 18.7. The van der Waals surface area contributed by atoms with Crippen LogP contribution in [0.1, 0.15) is 18.1 Å². The standard InChI is InChI=1S/C22H16ClN5OS2/c1-14(20-25-26-21(29-20)18-8-5-13-30-18)31-22-27-24-19(15-9-11-16(23)12-10-15)28(22)17-6-3-2-4-7-17/h2-14H,1H3/t14-/m1/s1. The molecule has 5 rings (SSSR count). The molecule has 0 unspecified atom stereocenters. The molecule has 5 aromatic rings. The maximum atomic E-state index is 6.07. The molecule has 0 amide bonds. The Labute approximate surface area is 191 Å². The molecule has 0 N–H and O–H groups in total. The third-order valence-corrected chi connectivity index (χ3v) is 6.69. The lowest BCUT2D eigenvalue weighted by Gasteiger charge is -2.12. The van der Waals surface area contributed by atoms with E-state index < -0.39 is 0 Å². The van der Waals surface area contributed by atoms with E-state index in [1.54, 1.807) is 11.3 Å². The maximum Gasteiger partial charge on any atom is 0.257 e. The van der Waals surface area contributed by atoms with E-state index in [9.17, 15) is 0 Å². The predicted molar refractivity (Wildman–Crippen MR) is 124 cm³/mol. The number of para-hydroxylation sites is 1. The number of hydrogen-bond donors (Lipinski definition) is 0. The summed E-state index contributed by atoms with van der Waals surface area (Å²) in [5.41, 5.74) is 1.90. The zero-order chi connectivity index (χ0) is 21.2. The van der Waals surface area contributed by atoms with Crippen molar-refractivity contribution in [2.45, 2.75) is 17.3 Å². The number of rotatable bonds is 6. The molecule has 0 aliphatic carbocycles. The number of thioether (sulfide) groups is 1. The van der Waals surface area contributed by atoms with Gasteiger partial charge in [-0.3, -0.25) is 4.57 Å². The maximum absolute atomic E-state index is 6.07. The Balaban J connectivity index is 1.50. The van der Waals surface area contributed by atoms with E-state index in [0.29, 0.717) is 16.8 Å². The molecule has 6 nitrogen and oxygen atoms in total. The fraction of sp³-hybridized carbons (Fsp3) is 0.0909. The summed E-state index contributed by atoms with van der Waals surface area (Å²) < 4.78 is 7.94. The molecule has 2 aromatic carbocycles. The molecule has 0 bridgehead atoms. The summed E-state index contributed by atoms with van der Waals surface area (Å²) in [5, 5.41) is 20.7. The first-order valence-corrected chi connectivity index (χ1v) is 11.6. The number of aromatic nitrogens is 5. The van der Waals surface area contributed by atoms with Gasteiger partial charge in [-0.1, -0.05) is 47.6 Å². The second kappa shape index (κ2) is 8.66. The van der Waals surface area contributed by atoms with Gasteiger partial charge in [0.1, 0.15) is 0 Å². The quantitative estimate of drug-likeness (QED) is 0.265. The van der Waals surface area contributed by atoms with Gasteiger partial charge < -0.3 is 4.42 Å². The molecule has 0 aliphatic rings. The van der Waals surface area contributed by atoms with Crippen molar-refractivity contribution < 1.29 is 4.42 Å². The van der Waals surface area contributed by atoms with Crippen molar-refractivity contribution in [3.8, 4) is 27.8 Å². The van der Waals surface area contributed by atoms with Crippen molar-refractivity contribution >= 4 is 34.7 Å². The fourth-order valence-corrected chi connectivity index (χ4v) is 4.72. The third-order valence-electron chi connectivity index (χ3n) is 4.55. The average Bonchev–Trinajstić information content (AvgIpc) is 3.55. The van der Waals surface area contributed by atoms with Crippen LogP contribution in [0, 0.1) is 0 Å². The van der Waals surface area contributed by atoms with Gasteiger partial charge in [0, 0.05) is 16.3 Å². The molecule has 0 spiro atoms. The third kappa shape index (κ3) is 4.14. The lowest BCUT2D eigenvalue weighted by Crippen LogP contribution is -2.00. The average molecular weight is 466 g/mol. The highest BCUT2D eigenvalue weighted by Crippen LogP contribution is 2.37. The van der Waals surface area contributed by atoms with Gasteiger partial charge in [-0.05, 0) is 54.8 Å². The van der Waals surface area contributed by atoms with Gasteiger partial charge >= 0.3 is 0 Å². The predicted octanol–water partition coefficient (Wildman–Crippen LogP) is 6.55. The Morgan fingerprint density at radius 2 is 1.74 bits per heavy atom. The summed E-state index contributed by atoms with van der Waals surface area (Å²) in [5.74, 6) is 1.82. The summed E-state index contributed by atoms with van der Waals surface area (Å²) in [6.45, 7) is 2.02. The van der Waals surface area contributed by atoms with Crippen LogP contribution in [0.15, 0.2) is 81.7 Å². The van der Waals surface area contributed by atoms with Crippen molar-refractivity contribution in [2.24, 2.45) is 0 Å². The minimum Gasteiger partial charge on any atom is -0.419 e. The summed E-state index contributed by atoms with van der Waals surface area (Å²) >= 11 is 9.15. The monoisotopic (exact) mass is 465 g/mol. The smallest absolute Gasteiger partial charge is 0.257 e. The van der Waals surface area contributed by atoms with Crippen LogP contribution in [0.3, 0.4) is 0 Å². The molecule has 154 valence electrons. The Kier molecular flexibility index (Phi) is 5.59. The summed E-state index contributed by atoms with van der Waals surface area (Å²) in [7, 11) is 0. The van der Waals surface area contributed by atoms with Crippen molar-refractivity contribution in [3.63, 3.8) is 0 Å². The molecule has 0 fully saturated rings. The molecule has 0 radical (unpaired) electrons. The summed E-state index contributed by atoms with van der Waals surface area (Å²) in [6, 6.07) is 21.5. The van der Waals surface area contributed by atoms with Gasteiger partial charge in [0.25, 0.3) is 5.89 Å². The molecule has 0 aliphatic heterocycles. The minimum absolute atomic E-state index is 0.106. The van der Waals surface area contributed by atoms with E-state index in [1.807, 2.05) is 83.6 Å². The highest BCUT2D eigenvalue weighted by Gasteiger charge is 2.22. The van der Waals surface area contributed by atoms with Gasteiger partial charge in [0.05, 0.1) is 10.1 Å². The minimum atomic E-state index is -0.106. The number of hydrogen-bond acceptors (Lipinski definition) is 7. The highest BCUT2D eigenvalue weighted by molar-refractivity contribution is 7.99. The van der Waals surface area contributed by atoms with Crippen LogP contribution in [0.5, 0.6) is 0 Å². The van der Waals surface area contributed by atoms with Crippen LogP contribution in [-0.2, 0) is 0 Å². The van der Waals surface area contributed by atoms with E-state index >= 15 is 0 Å². The zero-order valence-electron chi connectivity index (χ0n) is 16.3. The van der Waals surface area contributed by atoms with Gasteiger partial charge in [0.15, 0.2) is 11.0 Å². The van der Waals surface area contributed by atoms with Crippen LogP contribution in [0.25, 0.3) is 27.8 Å². The number of benzene rings is 2. The van der Waals surface area contributed by atoms with Gasteiger partial charge in [-0.15, -0.1) is 31.7 Å². The molecule has 9 heteroatoms. The summed E-state index contributed by atoms with van der Waals surface area (Å²) in [6.07, 6.45) is 0. The number of nitrogens with zero attached hydrogens (tertiary/aromatic N) is 5. The topological polar surface area (TPSA) is 69.6 Å². The molecular weight excluding hydrogens is 450 g/mol. The van der Waals surface area contributed by atoms with Crippen molar-refractivity contribution in [1.29, 1.82) is 0 Å². The molecule has 3 heterocycles. The van der Waals surface area contributed by atoms with Crippen LogP contribution in [0.2, 0.25) is 5.02 Å². The van der Waals surface area contributed by atoms with E-state index in [-0.39, 0.29) is 5.25 Å². The SMILES string of the molecule is C[C@@H](Sc1nnc(-c2ccc(Cl)cc2)n1-c1ccccc1)c1nnc(-c2cccs2)o1. The number of halogens is 1. The Hall–Kier alpha value is -2.94. The van der Waals surface area contributed by atoms with Crippen molar-refractivity contribution in [2.75, 3.05) is 0 Å². The lowest BCUT2D eigenvalue weighted by molar-refractivity contribution is 0.510. The van der Waals surface area contributed by atoms with Crippen molar-refractivity contribution in [3.05, 3.63) is 83.0 Å². The highest BCUT2D eigenvalue weighted by atomic mass is 35.5. The van der Waals surface area contributed by atoms with Gasteiger partial charge in [-0.2, -0.15) is 0 Å². The largest absolute Gasteiger partial charge is 0.419 e. The van der Waals surface area contributed by atoms with Gasteiger partial charge in [0.2, 0.25) is 5.89 Å². The first-order valence-electron chi connectivity index (χ1n) is 9.50. The molecule has 1 atom stereocenters. The molecule has 0 saturated carbocycles. The van der Waals surface area contributed by atoms with Crippen LogP contribution in [0.4, 0.5) is 0 Å². The van der Waals surface area contributed by atoms with E-state index in [2.05, 4.69) is 20.4 Å². The first kappa shape index (κ1) is 20.0. The van der Waals surface area contributed by atoms with E-state index in [1.165, 1.54) is 11.8 Å². The fourth-order valence-electron chi connectivity index (χ4n) is 3.05. The molecular formula is C22H16ClN5OS2. The first-order chi connectivity index (χ1) is 15.2. The molecule has 31 heavy (non-hydrogen) atoms. The Morgan fingerprint density at radius 3 is 2.48 bits per heavy atom. The molecule has 3 aromatic heterocycles. The van der Waals surface area contributed by atoms with E-state index in [4.69, 9.17) is 16.0 Å². The Morgan fingerprint density at radius 1 is 0.935 bits per heavy atom. The van der Waals surface area contributed by atoms with Crippen LogP contribution < -0.4 is 0 Å². The summed E-state index contributed by atoms with van der Waals surface area (Å²) in [4.78, 5) is 0.952. The second-order valence-corrected chi connectivity index (χ2v) is 9.36. The number of thiophene rings is 1. The van der Waals surface area contributed by atoms with E-state index in [0.717, 1.165) is 27.1 Å².